The second-order valence-electron chi connectivity index (χ2n) is 5.09. The number of piperidine rings is 1. The van der Waals surface area contributed by atoms with Crippen molar-refractivity contribution in [3.05, 3.63) is 29.0 Å². The highest BCUT2D eigenvalue weighted by Crippen LogP contribution is 2.42. The first-order valence-electron chi connectivity index (χ1n) is 6.14. The molecule has 0 aliphatic carbocycles. The molecule has 2 N–H and O–H groups in total. The van der Waals surface area contributed by atoms with Gasteiger partial charge in [-0.2, -0.15) is 0 Å². The summed E-state index contributed by atoms with van der Waals surface area (Å²) in [7, 11) is 0. The van der Waals surface area contributed by atoms with Crippen molar-refractivity contribution >= 4 is 17.3 Å². The van der Waals surface area contributed by atoms with Gasteiger partial charge < -0.3 is 10.6 Å². The van der Waals surface area contributed by atoms with Gasteiger partial charge in [-0.15, -0.1) is 0 Å². The maximum absolute atomic E-state index is 13.9. The van der Waals surface area contributed by atoms with Gasteiger partial charge in [0.1, 0.15) is 5.82 Å². The fraction of sp³-hybridized carbons (Fsp3) is 0.538. The van der Waals surface area contributed by atoms with Gasteiger partial charge in [-0.1, -0.05) is 17.7 Å². The fourth-order valence-corrected chi connectivity index (χ4v) is 3.58. The summed E-state index contributed by atoms with van der Waals surface area (Å²) < 4.78 is 13.9. The van der Waals surface area contributed by atoms with E-state index in [4.69, 9.17) is 17.3 Å². The second-order valence-corrected chi connectivity index (χ2v) is 5.50. The first-order valence-corrected chi connectivity index (χ1v) is 6.52. The van der Waals surface area contributed by atoms with E-state index < -0.39 is 0 Å². The SMILES string of the molecule is NC1CC2CCC(C1)N2c1c(F)cccc1Cl. The molecule has 2 fully saturated rings. The quantitative estimate of drug-likeness (QED) is 0.835. The molecule has 1 aromatic carbocycles. The van der Waals surface area contributed by atoms with Gasteiger partial charge in [0.05, 0.1) is 10.7 Å². The molecule has 4 heteroatoms. The van der Waals surface area contributed by atoms with Crippen molar-refractivity contribution in [3.8, 4) is 0 Å². The highest BCUT2D eigenvalue weighted by Gasteiger charge is 2.41. The van der Waals surface area contributed by atoms with Crippen molar-refractivity contribution in [2.75, 3.05) is 4.90 Å². The van der Waals surface area contributed by atoms with Crippen LogP contribution in [0.5, 0.6) is 0 Å². The van der Waals surface area contributed by atoms with Crippen molar-refractivity contribution in [1.29, 1.82) is 0 Å². The Morgan fingerprint density at radius 2 is 1.88 bits per heavy atom. The van der Waals surface area contributed by atoms with Gasteiger partial charge in [0.15, 0.2) is 0 Å². The van der Waals surface area contributed by atoms with E-state index >= 15 is 0 Å². The van der Waals surface area contributed by atoms with E-state index in [-0.39, 0.29) is 11.9 Å². The lowest BCUT2D eigenvalue weighted by atomic mass is 9.97. The highest BCUT2D eigenvalue weighted by molar-refractivity contribution is 6.33. The van der Waals surface area contributed by atoms with Crippen LogP contribution < -0.4 is 10.6 Å². The van der Waals surface area contributed by atoms with Crippen LogP contribution in [0, 0.1) is 5.82 Å². The van der Waals surface area contributed by atoms with Crippen LogP contribution in [-0.4, -0.2) is 18.1 Å². The number of anilines is 1. The normalized spacial score (nSPS) is 31.9. The third kappa shape index (κ3) is 1.81. The van der Waals surface area contributed by atoms with Crippen molar-refractivity contribution in [2.45, 2.75) is 43.8 Å². The standard InChI is InChI=1S/C13H16ClFN2/c14-11-2-1-3-12(15)13(11)17-9-4-5-10(17)7-8(16)6-9/h1-3,8-10H,4-7,16H2. The molecule has 2 aliphatic rings. The second kappa shape index (κ2) is 4.14. The van der Waals surface area contributed by atoms with E-state index in [2.05, 4.69) is 4.90 Å². The molecule has 2 bridgehead atoms. The van der Waals surface area contributed by atoms with Crippen LogP contribution in [0.4, 0.5) is 10.1 Å². The summed E-state index contributed by atoms with van der Waals surface area (Å²) in [5, 5.41) is 0.511. The minimum absolute atomic E-state index is 0.218. The maximum atomic E-state index is 13.9. The molecule has 0 amide bonds. The Bertz CT molecular complexity index is 403. The average molecular weight is 255 g/mol. The molecular weight excluding hydrogens is 239 g/mol. The molecule has 2 atom stereocenters. The molecule has 2 saturated heterocycles. The van der Waals surface area contributed by atoms with Gasteiger partial charge >= 0.3 is 0 Å². The number of benzene rings is 1. The summed E-state index contributed by atoms with van der Waals surface area (Å²) >= 11 is 6.14. The summed E-state index contributed by atoms with van der Waals surface area (Å²) in [4.78, 5) is 2.17. The lowest BCUT2D eigenvalue weighted by molar-refractivity contribution is 0.410. The van der Waals surface area contributed by atoms with Crippen LogP contribution in [0.25, 0.3) is 0 Å². The lowest BCUT2D eigenvalue weighted by Crippen LogP contribution is -2.48. The fourth-order valence-electron chi connectivity index (χ4n) is 3.32. The van der Waals surface area contributed by atoms with Crippen molar-refractivity contribution in [3.63, 3.8) is 0 Å². The van der Waals surface area contributed by atoms with E-state index in [1.54, 1.807) is 12.1 Å². The predicted molar refractivity (Wildman–Crippen MR) is 67.9 cm³/mol. The van der Waals surface area contributed by atoms with Crippen LogP contribution >= 0.6 is 11.6 Å². The molecule has 2 unspecified atom stereocenters. The molecule has 2 heterocycles. The van der Waals surface area contributed by atoms with Crippen LogP contribution in [-0.2, 0) is 0 Å². The van der Waals surface area contributed by atoms with Gasteiger partial charge in [0.2, 0.25) is 0 Å². The summed E-state index contributed by atoms with van der Waals surface area (Å²) in [6.45, 7) is 0. The first-order chi connectivity index (χ1) is 8.16. The average Bonchev–Trinajstić information content (AvgIpc) is 2.54. The topological polar surface area (TPSA) is 29.3 Å². The summed E-state index contributed by atoms with van der Waals surface area (Å²) in [6, 6.07) is 5.87. The molecule has 17 heavy (non-hydrogen) atoms. The number of rotatable bonds is 1. The predicted octanol–water partition coefficient (Wildman–Crippen LogP) is 2.94. The zero-order chi connectivity index (χ0) is 12.0. The minimum atomic E-state index is -0.218. The number of fused-ring (bicyclic) bond motifs is 2. The third-order valence-electron chi connectivity index (χ3n) is 3.97. The number of hydrogen-bond donors (Lipinski definition) is 1. The van der Waals surface area contributed by atoms with E-state index in [1.807, 2.05) is 0 Å². The van der Waals surface area contributed by atoms with E-state index in [0.717, 1.165) is 25.7 Å². The Balaban J connectivity index is 2.00. The molecule has 0 spiro atoms. The smallest absolute Gasteiger partial charge is 0.148 e. The maximum Gasteiger partial charge on any atom is 0.148 e. The molecule has 2 aliphatic heterocycles. The Hall–Kier alpha value is -0.800. The molecule has 3 rings (SSSR count). The van der Waals surface area contributed by atoms with Gasteiger partial charge in [-0.3, -0.25) is 0 Å². The Morgan fingerprint density at radius 1 is 1.24 bits per heavy atom. The number of nitrogens with two attached hydrogens (primary N) is 1. The summed E-state index contributed by atoms with van der Waals surface area (Å²) in [5.74, 6) is -0.218. The molecule has 2 nitrogen and oxygen atoms in total. The molecule has 0 radical (unpaired) electrons. The van der Waals surface area contributed by atoms with E-state index in [1.165, 1.54) is 6.07 Å². The van der Waals surface area contributed by atoms with Crippen molar-refractivity contribution in [2.24, 2.45) is 5.73 Å². The Morgan fingerprint density at radius 3 is 2.47 bits per heavy atom. The largest absolute Gasteiger partial charge is 0.362 e. The first kappa shape index (κ1) is 11.3. The van der Waals surface area contributed by atoms with Crippen LogP contribution in [0.1, 0.15) is 25.7 Å². The minimum Gasteiger partial charge on any atom is -0.362 e. The third-order valence-corrected chi connectivity index (χ3v) is 4.27. The Labute approximate surface area is 106 Å². The van der Waals surface area contributed by atoms with E-state index in [9.17, 15) is 4.39 Å². The highest BCUT2D eigenvalue weighted by atomic mass is 35.5. The van der Waals surface area contributed by atoms with Crippen LogP contribution in [0.3, 0.4) is 0 Å². The number of para-hydroxylation sites is 1. The van der Waals surface area contributed by atoms with E-state index in [0.29, 0.717) is 22.8 Å². The molecular formula is C13H16ClFN2. The molecule has 0 aromatic heterocycles. The van der Waals surface area contributed by atoms with Gasteiger partial charge in [-0.05, 0) is 37.8 Å². The van der Waals surface area contributed by atoms with Gasteiger partial charge in [0, 0.05) is 18.1 Å². The van der Waals surface area contributed by atoms with Crippen molar-refractivity contribution < 1.29 is 4.39 Å². The van der Waals surface area contributed by atoms with Crippen molar-refractivity contribution in [1.82, 2.24) is 0 Å². The van der Waals surface area contributed by atoms with Gasteiger partial charge in [-0.25, -0.2) is 4.39 Å². The number of hydrogen-bond acceptors (Lipinski definition) is 2. The van der Waals surface area contributed by atoms with Crippen LogP contribution in [0.2, 0.25) is 5.02 Å². The lowest BCUT2D eigenvalue weighted by Gasteiger charge is -2.40. The molecule has 1 aromatic rings. The summed E-state index contributed by atoms with van der Waals surface area (Å²) in [5.41, 5.74) is 6.60. The molecule has 92 valence electrons. The summed E-state index contributed by atoms with van der Waals surface area (Å²) in [6.07, 6.45) is 4.09. The van der Waals surface area contributed by atoms with Crippen LogP contribution in [0.15, 0.2) is 18.2 Å². The zero-order valence-corrected chi connectivity index (χ0v) is 10.3. The Kier molecular flexibility index (Phi) is 2.75. The van der Waals surface area contributed by atoms with Gasteiger partial charge in [0.25, 0.3) is 0 Å². The monoisotopic (exact) mass is 254 g/mol. The molecule has 0 saturated carbocycles. The zero-order valence-electron chi connectivity index (χ0n) is 9.57. The number of halogens is 2. The number of nitrogens with zero attached hydrogens (tertiary/aromatic N) is 1.